The molecule has 3 nitrogen and oxygen atoms in total. The third kappa shape index (κ3) is 2.84. The van der Waals surface area contributed by atoms with E-state index in [1.807, 2.05) is 11.9 Å². The topological polar surface area (TPSA) is 39.9 Å². The van der Waals surface area contributed by atoms with Crippen LogP contribution >= 0.6 is 27.3 Å². The Morgan fingerprint density at radius 1 is 1.59 bits per heavy atom. The third-order valence-corrected chi connectivity index (χ3v) is 3.93. The van der Waals surface area contributed by atoms with Gasteiger partial charge in [0.25, 0.3) is 0 Å². The summed E-state index contributed by atoms with van der Waals surface area (Å²) in [6.45, 7) is 0.766. The lowest BCUT2D eigenvalue weighted by Gasteiger charge is -2.19. The lowest BCUT2D eigenvalue weighted by atomic mass is 10.2. The van der Waals surface area contributed by atoms with Crippen LogP contribution in [0.15, 0.2) is 33.7 Å². The summed E-state index contributed by atoms with van der Waals surface area (Å²) in [7, 11) is 1.96. The predicted molar refractivity (Wildman–Crippen MR) is 73.1 cm³/mol. The normalized spacial score (nSPS) is 9.94. The molecule has 0 saturated heterocycles. The molecule has 0 atom stereocenters. The van der Waals surface area contributed by atoms with E-state index in [9.17, 15) is 0 Å². The Morgan fingerprint density at radius 2 is 2.41 bits per heavy atom. The number of rotatable bonds is 3. The number of thiophene rings is 1. The minimum Gasteiger partial charge on any atom is -0.368 e. The van der Waals surface area contributed by atoms with E-state index in [2.05, 4.69) is 38.4 Å². The summed E-state index contributed by atoms with van der Waals surface area (Å²) in [5.74, 6) is 0. The first-order chi connectivity index (χ1) is 8.20. The van der Waals surface area contributed by atoms with Crippen LogP contribution in [-0.2, 0) is 6.54 Å². The molecule has 5 heteroatoms. The highest BCUT2D eigenvalue weighted by Gasteiger charge is 2.08. The van der Waals surface area contributed by atoms with Crippen LogP contribution in [-0.4, -0.2) is 12.0 Å². The van der Waals surface area contributed by atoms with Crippen LogP contribution in [0.5, 0.6) is 0 Å². The van der Waals surface area contributed by atoms with Gasteiger partial charge in [-0.15, -0.1) is 11.3 Å². The smallest absolute Gasteiger partial charge is 0.101 e. The van der Waals surface area contributed by atoms with E-state index >= 15 is 0 Å². The van der Waals surface area contributed by atoms with E-state index in [-0.39, 0.29) is 0 Å². The molecule has 0 bridgehead atoms. The quantitative estimate of drug-likeness (QED) is 0.872. The van der Waals surface area contributed by atoms with Crippen LogP contribution in [0, 0.1) is 11.3 Å². The number of aromatic nitrogens is 1. The van der Waals surface area contributed by atoms with E-state index in [1.165, 1.54) is 5.56 Å². The Bertz CT molecular complexity index is 559. The van der Waals surface area contributed by atoms with Crippen molar-refractivity contribution >= 4 is 33.0 Å². The SMILES string of the molecule is CN(Cc1csc(Br)c1)c1cnccc1C#N. The molecule has 17 heavy (non-hydrogen) atoms. The maximum Gasteiger partial charge on any atom is 0.101 e. The highest BCUT2D eigenvalue weighted by molar-refractivity contribution is 9.11. The molecule has 2 aromatic rings. The molecule has 86 valence electrons. The van der Waals surface area contributed by atoms with Crippen LogP contribution in [0.1, 0.15) is 11.1 Å². The van der Waals surface area contributed by atoms with Gasteiger partial charge in [-0.3, -0.25) is 4.98 Å². The van der Waals surface area contributed by atoms with Gasteiger partial charge in [-0.2, -0.15) is 5.26 Å². The van der Waals surface area contributed by atoms with Gasteiger partial charge in [0, 0.05) is 19.8 Å². The fraction of sp³-hybridized carbons (Fsp3) is 0.167. The summed E-state index contributed by atoms with van der Waals surface area (Å²) < 4.78 is 1.12. The summed E-state index contributed by atoms with van der Waals surface area (Å²) >= 11 is 5.10. The Labute approximate surface area is 112 Å². The Balaban J connectivity index is 2.20. The maximum atomic E-state index is 9.03. The highest BCUT2D eigenvalue weighted by Crippen LogP contribution is 2.24. The minimum atomic E-state index is 0.650. The number of hydrogen-bond acceptors (Lipinski definition) is 4. The van der Waals surface area contributed by atoms with Gasteiger partial charge in [0.1, 0.15) is 6.07 Å². The number of hydrogen-bond donors (Lipinski definition) is 0. The van der Waals surface area contributed by atoms with Gasteiger partial charge >= 0.3 is 0 Å². The van der Waals surface area contributed by atoms with Gasteiger partial charge in [0.05, 0.1) is 21.2 Å². The largest absolute Gasteiger partial charge is 0.368 e. The van der Waals surface area contributed by atoms with E-state index < -0.39 is 0 Å². The molecule has 0 aliphatic heterocycles. The molecule has 2 heterocycles. The van der Waals surface area contributed by atoms with E-state index in [0.717, 1.165) is 16.0 Å². The summed E-state index contributed by atoms with van der Waals surface area (Å²) in [5, 5.41) is 11.1. The molecule has 0 N–H and O–H groups in total. The average molecular weight is 308 g/mol. The number of nitriles is 1. The van der Waals surface area contributed by atoms with Crippen molar-refractivity contribution in [1.29, 1.82) is 5.26 Å². The maximum absolute atomic E-state index is 9.03. The van der Waals surface area contributed by atoms with Crippen LogP contribution < -0.4 is 4.90 Å². The summed E-state index contributed by atoms with van der Waals surface area (Å²) in [5.41, 5.74) is 2.73. The fourth-order valence-corrected chi connectivity index (χ4v) is 2.77. The van der Waals surface area contributed by atoms with Crippen molar-refractivity contribution in [3.05, 3.63) is 44.8 Å². The van der Waals surface area contributed by atoms with Gasteiger partial charge in [0.2, 0.25) is 0 Å². The minimum absolute atomic E-state index is 0.650. The molecular weight excluding hydrogens is 298 g/mol. The molecule has 0 unspecified atom stereocenters. The molecule has 0 amide bonds. The Hall–Kier alpha value is -1.38. The first-order valence-corrected chi connectivity index (χ1v) is 6.66. The lowest BCUT2D eigenvalue weighted by molar-refractivity contribution is 0.919. The zero-order chi connectivity index (χ0) is 12.3. The van der Waals surface area contributed by atoms with Crippen molar-refractivity contribution in [2.24, 2.45) is 0 Å². The van der Waals surface area contributed by atoms with Gasteiger partial charge in [0.15, 0.2) is 0 Å². The van der Waals surface area contributed by atoms with Crippen molar-refractivity contribution in [3.8, 4) is 6.07 Å². The van der Waals surface area contributed by atoms with Crippen LogP contribution in [0.4, 0.5) is 5.69 Å². The van der Waals surface area contributed by atoms with E-state index in [0.29, 0.717) is 5.56 Å². The van der Waals surface area contributed by atoms with E-state index in [1.54, 1.807) is 29.8 Å². The number of nitrogens with zero attached hydrogens (tertiary/aromatic N) is 3. The van der Waals surface area contributed by atoms with Crippen LogP contribution in [0.3, 0.4) is 0 Å². The summed E-state index contributed by atoms with van der Waals surface area (Å²) in [4.78, 5) is 6.09. The summed E-state index contributed by atoms with van der Waals surface area (Å²) in [6.07, 6.45) is 3.36. The highest BCUT2D eigenvalue weighted by atomic mass is 79.9. The Morgan fingerprint density at radius 3 is 3.06 bits per heavy atom. The molecular formula is C12H10BrN3S. The number of anilines is 1. The molecule has 0 radical (unpaired) electrons. The van der Waals surface area contributed by atoms with Crippen molar-refractivity contribution < 1.29 is 0 Å². The van der Waals surface area contributed by atoms with Gasteiger partial charge < -0.3 is 4.90 Å². The molecule has 0 saturated carbocycles. The first kappa shape index (κ1) is 12.1. The monoisotopic (exact) mass is 307 g/mol. The molecule has 0 aliphatic carbocycles. The molecule has 0 aromatic carbocycles. The Kier molecular flexibility index (Phi) is 3.77. The molecule has 0 aliphatic rings. The zero-order valence-electron chi connectivity index (χ0n) is 9.22. The van der Waals surface area contributed by atoms with Crippen LogP contribution in [0.25, 0.3) is 0 Å². The summed E-state index contributed by atoms with van der Waals surface area (Å²) in [6, 6.07) is 6.00. The predicted octanol–water partition coefficient (Wildman–Crippen LogP) is 3.41. The van der Waals surface area contributed by atoms with Gasteiger partial charge in [-0.1, -0.05) is 0 Å². The molecule has 0 spiro atoms. The second-order valence-electron chi connectivity index (χ2n) is 3.62. The average Bonchev–Trinajstić information content (AvgIpc) is 2.74. The van der Waals surface area contributed by atoms with Gasteiger partial charge in [-0.25, -0.2) is 0 Å². The molecule has 0 fully saturated rings. The van der Waals surface area contributed by atoms with Gasteiger partial charge in [-0.05, 0) is 39.0 Å². The van der Waals surface area contributed by atoms with Crippen molar-refractivity contribution in [1.82, 2.24) is 4.98 Å². The molecule has 2 aromatic heterocycles. The van der Waals surface area contributed by atoms with Crippen molar-refractivity contribution in [3.63, 3.8) is 0 Å². The van der Waals surface area contributed by atoms with Crippen LogP contribution in [0.2, 0.25) is 0 Å². The van der Waals surface area contributed by atoms with Crippen molar-refractivity contribution in [2.45, 2.75) is 6.54 Å². The lowest BCUT2D eigenvalue weighted by Crippen LogP contribution is -2.17. The van der Waals surface area contributed by atoms with E-state index in [4.69, 9.17) is 5.26 Å². The molecule has 2 rings (SSSR count). The standard InChI is InChI=1S/C12H10BrN3S/c1-16(7-9-4-12(13)17-8-9)11-6-15-3-2-10(11)5-14/h2-4,6,8H,7H2,1H3. The number of pyridine rings is 1. The van der Waals surface area contributed by atoms with Crippen molar-refractivity contribution in [2.75, 3.05) is 11.9 Å². The third-order valence-electron chi connectivity index (χ3n) is 2.37. The second-order valence-corrected chi connectivity index (χ2v) is 5.91. The number of halogens is 1. The fourth-order valence-electron chi connectivity index (χ4n) is 1.57. The first-order valence-electron chi connectivity index (χ1n) is 4.99. The second kappa shape index (κ2) is 5.30. The zero-order valence-corrected chi connectivity index (χ0v) is 11.6.